The Balaban J connectivity index is 2.00. The fourth-order valence-corrected chi connectivity index (χ4v) is 6.24. The molecule has 0 unspecified atom stereocenters. The van der Waals surface area contributed by atoms with Crippen LogP contribution in [0.5, 0.6) is 0 Å². The third-order valence-corrected chi connectivity index (χ3v) is 8.39. The lowest BCUT2D eigenvalue weighted by Gasteiger charge is -2.44. The molecule has 0 saturated carbocycles. The highest BCUT2D eigenvalue weighted by molar-refractivity contribution is 8.58. The van der Waals surface area contributed by atoms with Gasteiger partial charge in [-0.15, -0.1) is 0 Å². The molecule has 0 amide bonds. The van der Waals surface area contributed by atoms with Crippen LogP contribution in [0.3, 0.4) is 0 Å². The summed E-state index contributed by atoms with van der Waals surface area (Å²) in [5.41, 5.74) is 0. The molecule has 0 aliphatic carbocycles. The van der Waals surface area contributed by atoms with E-state index in [0.717, 1.165) is 0 Å². The van der Waals surface area contributed by atoms with Crippen LogP contribution in [-0.2, 0) is 0 Å². The minimum absolute atomic E-state index is 1.22. The summed E-state index contributed by atoms with van der Waals surface area (Å²) in [7, 11) is 1.04. The lowest BCUT2D eigenvalue weighted by atomic mass is 10.3. The van der Waals surface area contributed by atoms with E-state index in [0.29, 0.717) is 0 Å². The van der Waals surface area contributed by atoms with Gasteiger partial charge in [0.15, 0.2) is 0 Å². The summed E-state index contributed by atoms with van der Waals surface area (Å²) in [6.07, 6.45) is 5.40. The number of thiol groups is 1. The first-order valence-corrected chi connectivity index (χ1v) is 8.20. The Labute approximate surface area is 76.1 Å². The summed E-state index contributed by atoms with van der Waals surface area (Å²) >= 11 is 0. The minimum atomic E-state index is -1.22. The predicted molar refractivity (Wildman–Crippen MR) is 60.5 cm³/mol. The van der Waals surface area contributed by atoms with Crippen molar-refractivity contribution < 1.29 is 0 Å². The molecule has 2 rings (SSSR count). The van der Waals surface area contributed by atoms with E-state index in [-0.39, 0.29) is 0 Å². The van der Waals surface area contributed by atoms with E-state index in [1.807, 2.05) is 0 Å². The van der Waals surface area contributed by atoms with Crippen molar-refractivity contribution in [2.75, 3.05) is 37.9 Å². The summed E-state index contributed by atoms with van der Waals surface area (Å²) in [5, 5.41) is 5.09. The van der Waals surface area contributed by atoms with Crippen molar-refractivity contribution in [1.29, 1.82) is 0 Å². The third-order valence-electron chi connectivity index (χ3n) is 3.58. The lowest BCUT2D eigenvalue weighted by Crippen LogP contribution is -2.29. The fourth-order valence-electron chi connectivity index (χ4n) is 2.09. The van der Waals surface area contributed by atoms with Crippen molar-refractivity contribution in [1.82, 2.24) is 4.90 Å². The average Bonchev–Trinajstić information content (AvgIpc) is 2.71. The predicted octanol–water partition coefficient (Wildman–Crippen LogP) is 1.90. The zero-order valence-electron chi connectivity index (χ0n) is 8.29. The molecular weight excluding hydrogens is 166 g/mol. The van der Waals surface area contributed by atoms with Crippen molar-refractivity contribution in [3.05, 3.63) is 10.8 Å². The molecule has 72 valence electrons. The Kier molecular flexibility index (Phi) is 1.81. The van der Waals surface area contributed by atoms with Crippen molar-refractivity contribution in [2.24, 2.45) is 0 Å². The third kappa shape index (κ3) is 1.55. The average molecular weight is 187 g/mol. The van der Waals surface area contributed by atoms with Crippen LogP contribution in [0, 0.1) is 0 Å². The van der Waals surface area contributed by atoms with E-state index in [1.165, 1.54) is 37.4 Å². The maximum absolute atomic E-state index is 2.55. The van der Waals surface area contributed by atoms with E-state index in [9.17, 15) is 0 Å². The molecule has 0 N–H and O–H groups in total. The molecule has 12 heavy (non-hydrogen) atoms. The molecule has 0 aromatic rings. The van der Waals surface area contributed by atoms with E-state index < -0.39 is 9.16 Å². The summed E-state index contributed by atoms with van der Waals surface area (Å²) in [6.45, 7) is 2.63. The monoisotopic (exact) mass is 187 g/mol. The Hall–Kier alpha value is 0.0500. The topological polar surface area (TPSA) is 3.24 Å². The van der Waals surface area contributed by atoms with Gasteiger partial charge in [-0.1, -0.05) is 10.8 Å². The molecule has 0 aromatic carbocycles. The molecule has 1 saturated heterocycles. The van der Waals surface area contributed by atoms with Gasteiger partial charge in [0, 0.05) is 6.54 Å². The number of nitrogens with zero attached hydrogens (tertiary/aromatic N) is 1. The normalized spacial score (nSPS) is 36.3. The Bertz CT molecular complexity index is 216. The smallest absolute Gasteiger partial charge is 0.00461 e. The van der Waals surface area contributed by atoms with E-state index in [2.05, 4.69) is 29.0 Å². The molecule has 1 nitrogen and oxygen atoms in total. The Morgan fingerprint density at radius 1 is 1.08 bits per heavy atom. The number of hydrogen-bond donors (Lipinski definition) is 1. The summed E-state index contributed by atoms with van der Waals surface area (Å²) in [6, 6.07) is 0. The van der Waals surface area contributed by atoms with Gasteiger partial charge in [-0.3, -0.25) is 9.16 Å². The molecule has 0 aromatic heterocycles. The fraction of sp³-hybridized carbons (Fsp3) is 0.800. The Morgan fingerprint density at radius 3 is 2.50 bits per heavy atom. The van der Waals surface area contributed by atoms with Crippen molar-refractivity contribution >= 4 is 9.16 Å². The van der Waals surface area contributed by atoms with Crippen molar-refractivity contribution in [2.45, 2.75) is 12.8 Å². The van der Waals surface area contributed by atoms with Crippen LogP contribution in [0.2, 0.25) is 0 Å². The Morgan fingerprint density at radius 2 is 1.83 bits per heavy atom. The molecule has 1 spiro atoms. The van der Waals surface area contributed by atoms with Gasteiger partial charge in [-0.2, -0.15) is 0 Å². The summed E-state index contributed by atoms with van der Waals surface area (Å²) in [4.78, 5) is 2.50. The maximum atomic E-state index is 2.55. The maximum Gasteiger partial charge on any atom is 0.00461 e. The second-order valence-corrected chi connectivity index (χ2v) is 11.0. The van der Waals surface area contributed by atoms with Gasteiger partial charge in [0.2, 0.25) is 0 Å². The van der Waals surface area contributed by atoms with Gasteiger partial charge in [-0.25, -0.2) is 0 Å². The van der Waals surface area contributed by atoms with Crippen LogP contribution in [0.15, 0.2) is 10.8 Å². The zero-order valence-corrected chi connectivity index (χ0v) is 9.19. The molecule has 2 aliphatic rings. The highest BCUT2D eigenvalue weighted by Crippen LogP contribution is 2.80. The standard InChI is InChI=1S/C10H21NS/c1-11-5-3-4-7-12(2,8-6-11)9-10-12/h9-10,12H,3-8H2,1-2H3. The first-order valence-electron chi connectivity index (χ1n) is 5.01. The van der Waals surface area contributed by atoms with Crippen LogP contribution in [0.25, 0.3) is 0 Å². The van der Waals surface area contributed by atoms with Gasteiger partial charge in [0.1, 0.15) is 0 Å². The van der Waals surface area contributed by atoms with Crippen LogP contribution in [-0.4, -0.2) is 42.8 Å². The molecule has 2 heterocycles. The molecule has 0 radical (unpaired) electrons. The van der Waals surface area contributed by atoms with Gasteiger partial charge < -0.3 is 4.90 Å². The molecule has 1 fully saturated rings. The minimum Gasteiger partial charge on any atom is -0.306 e. The molecule has 2 heteroatoms. The number of hydrogen-bond acceptors (Lipinski definition) is 1. The molecular formula is C10H21NS. The van der Waals surface area contributed by atoms with Gasteiger partial charge in [0.25, 0.3) is 0 Å². The number of rotatable bonds is 0. The zero-order chi connectivity index (χ0) is 8.68. The highest BCUT2D eigenvalue weighted by atomic mass is 32.3. The van der Waals surface area contributed by atoms with Crippen molar-refractivity contribution in [3.8, 4) is 0 Å². The second kappa shape index (κ2) is 2.52. The first kappa shape index (κ1) is 8.64. The van der Waals surface area contributed by atoms with Crippen LogP contribution in [0.4, 0.5) is 0 Å². The quantitative estimate of drug-likeness (QED) is 0.567. The second-order valence-electron chi connectivity index (χ2n) is 5.01. The van der Waals surface area contributed by atoms with Gasteiger partial charge in [-0.05, 0) is 44.2 Å². The lowest BCUT2D eigenvalue weighted by molar-refractivity contribution is 0.345. The van der Waals surface area contributed by atoms with Gasteiger partial charge in [0.05, 0.1) is 0 Å². The van der Waals surface area contributed by atoms with Crippen molar-refractivity contribution in [3.63, 3.8) is 0 Å². The van der Waals surface area contributed by atoms with E-state index in [1.54, 1.807) is 0 Å². The van der Waals surface area contributed by atoms with Crippen LogP contribution in [0.1, 0.15) is 12.8 Å². The van der Waals surface area contributed by atoms with Crippen LogP contribution < -0.4 is 0 Å². The molecule has 0 bridgehead atoms. The molecule has 0 atom stereocenters. The van der Waals surface area contributed by atoms with E-state index in [4.69, 9.17) is 0 Å². The highest BCUT2D eigenvalue weighted by Gasteiger charge is 2.40. The summed E-state index contributed by atoms with van der Waals surface area (Å²) < 4.78 is 0. The van der Waals surface area contributed by atoms with E-state index >= 15 is 0 Å². The largest absolute Gasteiger partial charge is 0.306 e. The SMILES string of the molecule is CN1CCCC[SH]2(C)(C=C2)CC1. The van der Waals surface area contributed by atoms with Crippen LogP contribution >= 0.6 is 9.16 Å². The molecule has 2 aliphatic heterocycles. The summed E-state index contributed by atoms with van der Waals surface area (Å²) in [5.74, 6) is 2.97. The first-order chi connectivity index (χ1) is 5.61. The van der Waals surface area contributed by atoms with Gasteiger partial charge >= 0.3 is 0 Å².